The third-order valence-electron chi connectivity index (χ3n) is 4.66. The van der Waals surface area contributed by atoms with Gasteiger partial charge in [0.1, 0.15) is 0 Å². The molecule has 0 atom stereocenters. The number of nitrogens with zero attached hydrogens (tertiary/aromatic N) is 3. The molecule has 4 nitrogen and oxygen atoms in total. The van der Waals surface area contributed by atoms with Crippen molar-refractivity contribution in [2.75, 3.05) is 26.7 Å². The number of aryl methyl sites for hydroxylation is 1. The predicted molar refractivity (Wildman–Crippen MR) is 112 cm³/mol. The highest BCUT2D eigenvalue weighted by atomic mass is 32.1. The molecule has 1 fully saturated rings. The molecule has 0 bridgehead atoms. The molecule has 3 rings (SSSR count). The molecule has 0 aliphatic carbocycles. The van der Waals surface area contributed by atoms with Gasteiger partial charge in [0.25, 0.3) is 0 Å². The summed E-state index contributed by atoms with van der Waals surface area (Å²) in [6, 6.07) is 10.6. The van der Waals surface area contributed by atoms with E-state index in [9.17, 15) is 0 Å². The van der Waals surface area contributed by atoms with Gasteiger partial charge in [0.05, 0.1) is 5.01 Å². The first-order chi connectivity index (χ1) is 12.8. The van der Waals surface area contributed by atoms with E-state index in [1.807, 2.05) is 24.6 Å². The second-order valence-corrected chi connectivity index (χ2v) is 7.70. The van der Waals surface area contributed by atoms with Crippen LogP contribution in [0.25, 0.3) is 6.08 Å². The SMILES string of the molecule is CCc1cnc(CCNC(=NC)N2CCC(=Cc3ccccc3)CC2)s1. The lowest BCUT2D eigenvalue weighted by Gasteiger charge is -2.31. The summed E-state index contributed by atoms with van der Waals surface area (Å²) in [5.41, 5.74) is 2.83. The summed E-state index contributed by atoms with van der Waals surface area (Å²) in [6.45, 7) is 5.10. The van der Waals surface area contributed by atoms with Crippen LogP contribution in [0.3, 0.4) is 0 Å². The third-order valence-corrected chi connectivity index (χ3v) is 5.86. The molecule has 0 unspecified atom stereocenters. The van der Waals surface area contributed by atoms with Crippen molar-refractivity contribution in [3.63, 3.8) is 0 Å². The summed E-state index contributed by atoms with van der Waals surface area (Å²) in [5, 5.41) is 4.71. The number of hydrogen-bond donors (Lipinski definition) is 1. The molecular formula is C21H28N4S. The number of piperidine rings is 1. The van der Waals surface area contributed by atoms with Gasteiger partial charge in [-0.1, -0.05) is 48.9 Å². The van der Waals surface area contributed by atoms with E-state index in [1.165, 1.54) is 21.0 Å². The second kappa shape index (κ2) is 9.53. The predicted octanol–water partition coefficient (Wildman–Crippen LogP) is 4.00. The summed E-state index contributed by atoms with van der Waals surface area (Å²) in [5.74, 6) is 1.01. The fourth-order valence-corrected chi connectivity index (χ4v) is 4.04. The van der Waals surface area contributed by atoms with Crippen LogP contribution in [0, 0.1) is 0 Å². The molecule has 1 aliphatic heterocycles. The van der Waals surface area contributed by atoms with Crippen LogP contribution >= 0.6 is 11.3 Å². The van der Waals surface area contributed by atoms with Crippen molar-refractivity contribution in [2.45, 2.75) is 32.6 Å². The van der Waals surface area contributed by atoms with Crippen LogP contribution in [0.5, 0.6) is 0 Å². The summed E-state index contributed by atoms with van der Waals surface area (Å²) >= 11 is 1.82. The summed E-state index contributed by atoms with van der Waals surface area (Å²) in [6.07, 6.45) is 8.56. The molecule has 1 N–H and O–H groups in total. The molecule has 0 amide bonds. The minimum absolute atomic E-state index is 0.882. The molecular weight excluding hydrogens is 340 g/mol. The maximum absolute atomic E-state index is 4.49. The van der Waals surface area contributed by atoms with E-state index in [0.29, 0.717) is 0 Å². The van der Waals surface area contributed by atoms with Crippen LogP contribution in [0.1, 0.15) is 35.2 Å². The first-order valence-electron chi connectivity index (χ1n) is 9.42. The monoisotopic (exact) mass is 368 g/mol. The van der Waals surface area contributed by atoms with Gasteiger partial charge in [0.15, 0.2) is 5.96 Å². The van der Waals surface area contributed by atoms with Crippen molar-refractivity contribution in [2.24, 2.45) is 4.99 Å². The Labute approximate surface area is 160 Å². The van der Waals surface area contributed by atoms with E-state index in [2.05, 4.69) is 63.5 Å². The molecule has 1 aliphatic rings. The number of hydrogen-bond acceptors (Lipinski definition) is 3. The van der Waals surface area contributed by atoms with E-state index in [1.54, 1.807) is 0 Å². The van der Waals surface area contributed by atoms with E-state index in [4.69, 9.17) is 0 Å². The van der Waals surface area contributed by atoms with Gasteiger partial charge >= 0.3 is 0 Å². The first kappa shape index (κ1) is 18.6. The zero-order valence-electron chi connectivity index (χ0n) is 15.7. The summed E-state index contributed by atoms with van der Waals surface area (Å²) < 4.78 is 0. The number of thiazole rings is 1. The molecule has 1 aromatic carbocycles. The second-order valence-electron chi connectivity index (χ2n) is 6.50. The lowest BCUT2D eigenvalue weighted by molar-refractivity contribution is 0.376. The summed E-state index contributed by atoms with van der Waals surface area (Å²) in [7, 11) is 1.87. The van der Waals surface area contributed by atoms with Crippen molar-refractivity contribution < 1.29 is 0 Å². The highest BCUT2D eigenvalue weighted by Gasteiger charge is 2.17. The fraction of sp³-hybridized carbons (Fsp3) is 0.429. The van der Waals surface area contributed by atoms with Gasteiger partial charge in [0, 0.05) is 44.2 Å². The Hall–Kier alpha value is -2.14. The maximum Gasteiger partial charge on any atom is 0.193 e. The quantitative estimate of drug-likeness (QED) is 0.640. The van der Waals surface area contributed by atoms with Crippen molar-refractivity contribution in [3.8, 4) is 0 Å². The minimum Gasteiger partial charge on any atom is -0.356 e. The van der Waals surface area contributed by atoms with Gasteiger partial charge < -0.3 is 10.2 Å². The number of aliphatic imine (C=N–C) groups is 1. The molecule has 138 valence electrons. The molecule has 2 aromatic rings. The third kappa shape index (κ3) is 5.18. The van der Waals surface area contributed by atoms with Crippen molar-refractivity contribution >= 4 is 23.4 Å². The zero-order chi connectivity index (χ0) is 18.2. The highest BCUT2D eigenvalue weighted by molar-refractivity contribution is 7.11. The number of benzene rings is 1. The van der Waals surface area contributed by atoms with Crippen molar-refractivity contribution in [3.05, 3.63) is 57.6 Å². The molecule has 0 spiro atoms. The van der Waals surface area contributed by atoms with Crippen molar-refractivity contribution in [1.82, 2.24) is 15.2 Å². The fourth-order valence-electron chi connectivity index (χ4n) is 3.18. The number of guanidine groups is 1. The Morgan fingerprint density at radius 1 is 1.27 bits per heavy atom. The zero-order valence-corrected chi connectivity index (χ0v) is 16.6. The van der Waals surface area contributed by atoms with Crippen LogP contribution in [0.4, 0.5) is 0 Å². The molecule has 2 heterocycles. The number of aromatic nitrogens is 1. The largest absolute Gasteiger partial charge is 0.356 e. The topological polar surface area (TPSA) is 40.5 Å². The van der Waals surface area contributed by atoms with E-state index in [-0.39, 0.29) is 0 Å². The normalized spacial score (nSPS) is 15.2. The lowest BCUT2D eigenvalue weighted by Crippen LogP contribution is -2.45. The Bertz CT molecular complexity index is 738. The first-order valence-corrected chi connectivity index (χ1v) is 10.2. The Balaban J connectivity index is 1.47. The Morgan fingerprint density at radius 3 is 2.69 bits per heavy atom. The van der Waals surface area contributed by atoms with Gasteiger partial charge in [-0.25, -0.2) is 4.98 Å². The van der Waals surface area contributed by atoms with Gasteiger partial charge in [0.2, 0.25) is 0 Å². The van der Waals surface area contributed by atoms with Crippen LogP contribution in [0.15, 0.2) is 47.1 Å². The number of rotatable bonds is 5. The van der Waals surface area contributed by atoms with Crippen molar-refractivity contribution in [1.29, 1.82) is 0 Å². The molecule has 5 heteroatoms. The van der Waals surface area contributed by atoms with Crippen LogP contribution in [-0.4, -0.2) is 42.5 Å². The molecule has 0 saturated carbocycles. The van der Waals surface area contributed by atoms with Crippen LogP contribution < -0.4 is 5.32 Å². The lowest BCUT2D eigenvalue weighted by atomic mass is 10.0. The van der Waals surface area contributed by atoms with E-state index in [0.717, 1.165) is 51.3 Å². The number of likely N-dealkylation sites (tertiary alicyclic amines) is 1. The molecule has 1 saturated heterocycles. The summed E-state index contributed by atoms with van der Waals surface area (Å²) in [4.78, 5) is 12.7. The van der Waals surface area contributed by atoms with Crippen LogP contribution in [0.2, 0.25) is 0 Å². The molecule has 26 heavy (non-hydrogen) atoms. The van der Waals surface area contributed by atoms with E-state index >= 15 is 0 Å². The maximum atomic E-state index is 4.49. The average Bonchev–Trinajstić information content (AvgIpc) is 3.15. The van der Waals surface area contributed by atoms with Gasteiger partial charge in [-0.15, -0.1) is 11.3 Å². The van der Waals surface area contributed by atoms with Gasteiger partial charge in [-0.05, 0) is 24.8 Å². The Morgan fingerprint density at radius 2 is 2.04 bits per heavy atom. The molecule has 0 radical (unpaired) electrons. The average molecular weight is 369 g/mol. The number of nitrogens with one attached hydrogen (secondary N) is 1. The van der Waals surface area contributed by atoms with Gasteiger partial charge in [-0.3, -0.25) is 4.99 Å². The van der Waals surface area contributed by atoms with Gasteiger partial charge in [-0.2, -0.15) is 0 Å². The minimum atomic E-state index is 0.882. The highest BCUT2D eigenvalue weighted by Crippen LogP contribution is 2.19. The molecule has 1 aromatic heterocycles. The van der Waals surface area contributed by atoms with E-state index < -0.39 is 0 Å². The van der Waals surface area contributed by atoms with Crippen LogP contribution in [-0.2, 0) is 12.8 Å². The standard InChI is InChI=1S/C21H28N4S/c1-3-19-16-24-20(26-19)9-12-23-21(22-2)25-13-10-18(11-14-25)15-17-7-5-4-6-8-17/h4-8,15-16H,3,9-14H2,1-2H3,(H,22,23). The Kier molecular flexibility index (Phi) is 6.83. The smallest absolute Gasteiger partial charge is 0.193 e.